The Balaban J connectivity index is 1.88. The lowest BCUT2D eigenvalue weighted by atomic mass is 9.94. The molecule has 3 rings (SSSR count). The Kier molecular flexibility index (Phi) is 2.54. The first kappa shape index (κ1) is 10.6. The molecule has 1 aromatic rings. The smallest absolute Gasteiger partial charge is 0.254 e. The highest BCUT2D eigenvalue weighted by Crippen LogP contribution is 2.33. The van der Waals surface area contributed by atoms with Crippen LogP contribution in [0, 0.1) is 0 Å². The summed E-state index contributed by atoms with van der Waals surface area (Å²) in [6, 6.07) is 6.09. The van der Waals surface area contributed by atoms with Crippen LogP contribution in [0.1, 0.15) is 48.0 Å². The minimum atomic E-state index is 0.180. The maximum Gasteiger partial charge on any atom is 0.254 e. The van der Waals surface area contributed by atoms with Gasteiger partial charge in [0.05, 0.1) is 0 Å². The Labute approximate surface area is 102 Å². The summed E-state index contributed by atoms with van der Waals surface area (Å²) in [5, 5.41) is 0. The highest BCUT2D eigenvalue weighted by Gasteiger charge is 2.33. The first-order valence-electron chi connectivity index (χ1n) is 6.45. The second kappa shape index (κ2) is 4.06. The number of nitrogens with zero attached hydrogens (tertiary/aromatic N) is 1. The lowest BCUT2D eigenvalue weighted by molar-refractivity contribution is 0.0660. The molecule has 90 valence electrons. The van der Waals surface area contributed by atoms with Crippen LogP contribution in [0.5, 0.6) is 0 Å². The molecule has 0 atom stereocenters. The first-order chi connectivity index (χ1) is 8.27. The van der Waals surface area contributed by atoms with E-state index in [2.05, 4.69) is 0 Å². The van der Waals surface area contributed by atoms with E-state index in [4.69, 9.17) is 5.73 Å². The average molecular weight is 230 g/mol. The van der Waals surface area contributed by atoms with Crippen molar-refractivity contribution >= 4 is 11.6 Å². The fourth-order valence-electron chi connectivity index (χ4n) is 3.07. The SMILES string of the molecule is Nc1cccc2c1CN(C1CCCCC1)C2=O. The van der Waals surface area contributed by atoms with Crippen molar-refractivity contribution in [3.05, 3.63) is 29.3 Å². The zero-order valence-corrected chi connectivity index (χ0v) is 9.98. The van der Waals surface area contributed by atoms with Crippen LogP contribution in [0.4, 0.5) is 5.69 Å². The summed E-state index contributed by atoms with van der Waals surface area (Å²) in [6.45, 7) is 0.714. The van der Waals surface area contributed by atoms with E-state index in [-0.39, 0.29) is 5.91 Å². The summed E-state index contributed by atoms with van der Waals surface area (Å²) >= 11 is 0. The van der Waals surface area contributed by atoms with Gasteiger partial charge < -0.3 is 10.6 Å². The second-order valence-electron chi connectivity index (χ2n) is 5.10. The predicted octanol–water partition coefficient (Wildman–Crippen LogP) is 2.56. The van der Waals surface area contributed by atoms with Crippen molar-refractivity contribution in [3.63, 3.8) is 0 Å². The highest BCUT2D eigenvalue weighted by molar-refractivity contribution is 6.00. The minimum absolute atomic E-state index is 0.180. The van der Waals surface area contributed by atoms with Gasteiger partial charge in [-0.1, -0.05) is 25.3 Å². The van der Waals surface area contributed by atoms with E-state index in [1.54, 1.807) is 0 Å². The third-order valence-corrected chi connectivity index (χ3v) is 4.05. The fraction of sp³-hybridized carbons (Fsp3) is 0.500. The third kappa shape index (κ3) is 1.70. The highest BCUT2D eigenvalue weighted by atomic mass is 16.2. The summed E-state index contributed by atoms with van der Waals surface area (Å²) in [6.07, 6.45) is 6.12. The Hall–Kier alpha value is -1.51. The van der Waals surface area contributed by atoms with Crippen LogP contribution in [0.2, 0.25) is 0 Å². The van der Waals surface area contributed by atoms with Gasteiger partial charge in [0.2, 0.25) is 0 Å². The van der Waals surface area contributed by atoms with Gasteiger partial charge in [-0.25, -0.2) is 0 Å². The van der Waals surface area contributed by atoms with Gasteiger partial charge in [0, 0.05) is 29.4 Å². The molecule has 1 heterocycles. The third-order valence-electron chi connectivity index (χ3n) is 4.05. The van der Waals surface area contributed by atoms with Gasteiger partial charge in [0.1, 0.15) is 0 Å². The van der Waals surface area contributed by atoms with Crippen molar-refractivity contribution in [3.8, 4) is 0 Å². The molecule has 17 heavy (non-hydrogen) atoms. The van der Waals surface area contributed by atoms with Crippen molar-refractivity contribution < 1.29 is 4.79 Å². The van der Waals surface area contributed by atoms with Gasteiger partial charge >= 0.3 is 0 Å². The number of rotatable bonds is 1. The number of hydrogen-bond donors (Lipinski definition) is 1. The van der Waals surface area contributed by atoms with Crippen LogP contribution in [0.15, 0.2) is 18.2 Å². The number of benzene rings is 1. The lowest BCUT2D eigenvalue weighted by Gasteiger charge is -2.30. The Morgan fingerprint density at radius 1 is 1.18 bits per heavy atom. The molecule has 0 saturated heterocycles. The molecule has 1 amide bonds. The number of hydrogen-bond acceptors (Lipinski definition) is 2. The van der Waals surface area contributed by atoms with Crippen LogP contribution >= 0.6 is 0 Å². The molecular formula is C14H18N2O. The van der Waals surface area contributed by atoms with Crippen molar-refractivity contribution in [1.29, 1.82) is 0 Å². The van der Waals surface area contributed by atoms with Gasteiger partial charge in [-0.2, -0.15) is 0 Å². The first-order valence-corrected chi connectivity index (χ1v) is 6.45. The van der Waals surface area contributed by atoms with Crippen molar-refractivity contribution in [2.24, 2.45) is 0 Å². The normalized spacial score (nSPS) is 20.7. The van der Waals surface area contributed by atoms with Crippen molar-refractivity contribution in [2.75, 3.05) is 5.73 Å². The van der Waals surface area contributed by atoms with E-state index in [0.717, 1.165) is 29.7 Å². The lowest BCUT2D eigenvalue weighted by Crippen LogP contribution is -2.36. The molecule has 1 aliphatic carbocycles. The van der Waals surface area contributed by atoms with Crippen LogP contribution in [0.3, 0.4) is 0 Å². The van der Waals surface area contributed by atoms with Crippen LogP contribution in [-0.2, 0) is 6.54 Å². The standard InChI is InChI=1S/C14H18N2O/c15-13-8-4-7-11-12(13)9-16(14(11)17)10-5-2-1-3-6-10/h4,7-8,10H,1-3,5-6,9,15H2. The topological polar surface area (TPSA) is 46.3 Å². The average Bonchev–Trinajstić information content (AvgIpc) is 2.70. The molecule has 0 bridgehead atoms. The minimum Gasteiger partial charge on any atom is -0.398 e. The van der Waals surface area contributed by atoms with Gasteiger partial charge in [-0.15, -0.1) is 0 Å². The summed E-state index contributed by atoms with van der Waals surface area (Å²) in [7, 11) is 0. The number of carbonyl (C=O) groups is 1. The molecule has 1 saturated carbocycles. The molecule has 0 radical (unpaired) electrons. The molecule has 2 N–H and O–H groups in total. The summed E-state index contributed by atoms with van der Waals surface area (Å²) < 4.78 is 0. The van der Waals surface area contributed by atoms with Crippen LogP contribution < -0.4 is 5.73 Å². The maximum atomic E-state index is 12.3. The largest absolute Gasteiger partial charge is 0.398 e. The van der Waals surface area contributed by atoms with Gasteiger partial charge in [-0.3, -0.25) is 4.79 Å². The number of amides is 1. The zero-order chi connectivity index (χ0) is 11.8. The van der Waals surface area contributed by atoms with Crippen LogP contribution in [-0.4, -0.2) is 16.8 Å². The van der Waals surface area contributed by atoms with Gasteiger partial charge in [0.25, 0.3) is 5.91 Å². The molecule has 0 aromatic heterocycles. The van der Waals surface area contributed by atoms with Gasteiger partial charge in [-0.05, 0) is 25.0 Å². The molecule has 3 heteroatoms. The number of fused-ring (bicyclic) bond motifs is 1. The molecule has 1 fully saturated rings. The van der Waals surface area contributed by atoms with Crippen molar-refractivity contribution in [1.82, 2.24) is 4.90 Å². The molecule has 1 aromatic carbocycles. The fourth-order valence-corrected chi connectivity index (χ4v) is 3.07. The Bertz CT molecular complexity index is 450. The quantitative estimate of drug-likeness (QED) is 0.754. The van der Waals surface area contributed by atoms with E-state index in [9.17, 15) is 4.79 Å². The summed E-state index contributed by atoms with van der Waals surface area (Å²) in [5.41, 5.74) is 8.55. The molecule has 0 spiro atoms. The molecular weight excluding hydrogens is 212 g/mol. The zero-order valence-electron chi connectivity index (χ0n) is 9.98. The van der Waals surface area contributed by atoms with Crippen molar-refractivity contribution in [2.45, 2.75) is 44.7 Å². The van der Waals surface area contributed by atoms with E-state index in [0.29, 0.717) is 12.6 Å². The monoisotopic (exact) mass is 230 g/mol. The van der Waals surface area contributed by atoms with Crippen LogP contribution in [0.25, 0.3) is 0 Å². The number of carbonyl (C=O) groups excluding carboxylic acids is 1. The maximum absolute atomic E-state index is 12.3. The predicted molar refractivity (Wildman–Crippen MR) is 67.6 cm³/mol. The molecule has 2 aliphatic rings. The summed E-state index contributed by atoms with van der Waals surface area (Å²) in [5.74, 6) is 0.180. The number of nitrogen functional groups attached to an aromatic ring is 1. The van der Waals surface area contributed by atoms with Gasteiger partial charge in [0.15, 0.2) is 0 Å². The second-order valence-corrected chi connectivity index (χ2v) is 5.10. The molecule has 1 aliphatic heterocycles. The number of nitrogens with two attached hydrogens (primary N) is 1. The van der Waals surface area contributed by atoms with E-state index < -0.39 is 0 Å². The Morgan fingerprint density at radius 3 is 2.65 bits per heavy atom. The number of anilines is 1. The summed E-state index contributed by atoms with van der Waals surface area (Å²) in [4.78, 5) is 14.3. The molecule has 0 unspecified atom stereocenters. The van der Waals surface area contributed by atoms with E-state index in [1.807, 2.05) is 23.1 Å². The van der Waals surface area contributed by atoms with E-state index >= 15 is 0 Å². The van der Waals surface area contributed by atoms with E-state index in [1.165, 1.54) is 19.3 Å². The Morgan fingerprint density at radius 2 is 1.94 bits per heavy atom. The molecule has 3 nitrogen and oxygen atoms in total.